The van der Waals surface area contributed by atoms with Gasteiger partial charge in [0, 0.05) is 18.5 Å². The second-order valence-electron chi connectivity index (χ2n) is 5.74. The molecule has 4 nitrogen and oxygen atoms in total. The molecule has 24 heavy (non-hydrogen) atoms. The van der Waals surface area contributed by atoms with Crippen molar-refractivity contribution in [2.45, 2.75) is 40.5 Å². The first-order valence-electron chi connectivity index (χ1n) is 8.10. The number of nitrogens with one attached hydrogen (secondary N) is 1. The molecule has 0 atom stereocenters. The molecule has 0 aliphatic carbocycles. The van der Waals surface area contributed by atoms with Crippen molar-refractivity contribution in [3.05, 3.63) is 57.8 Å². The largest absolute Gasteiger partial charge is 0.445 e. The van der Waals surface area contributed by atoms with Gasteiger partial charge in [-0.15, -0.1) is 0 Å². The van der Waals surface area contributed by atoms with Crippen LogP contribution in [-0.2, 0) is 0 Å². The van der Waals surface area contributed by atoms with Crippen molar-refractivity contribution >= 4 is 23.1 Å². The van der Waals surface area contributed by atoms with Crippen LogP contribution in [-0.4, -0.2) is 17.4 Å². The van der Waals surface area contributed by atoms with Crippen molar-refractivity contribution in [3.8, 4) is 0 Å². The number of oxazole rings is 1. The second-order valence-corrected chi connectivity index (χ2v) is 6.18. The predicted octanol–water partition coefficient (Wildman–Crippen LogP) is 4.87. The highest BCUT2D eigenvalue weighted by atomic mass is 35.5. The predicted molar refractivity (Wildman–Crippen MR) is 97.4 cm³/mol. The minimum absolute atomic E-state index is 0.206. The Hall–Kier alpha value is -2.07. The fourth-order valence-corrected chi connectivity index (χ4v) is 2.84. The van der Waals surface area contributed by atoms with Crippen molar-refractivity contribution in [3.63, 3.8) is 0 Å². The molecule has 2 rings (SSSR count). The molecule has 2 aromatic rings. The smallest absolute Gasteiger partial charge is 0.273 e. The van der Waals surface area contributed by atoms with E-state index in [2.05, 4.69) is 30.2 Å². The first kappa shape index (κ1) is 18.3. The SMILES string of the molecule is CC/C=C(/CCNC(=O)c1nc(C)oc1C)c1cc(Cl)ccc1C. The zero-order valence-electron chi connectivity index (χ0n) is 14.6. The minimum Gasteiger partial charge on any atom is -0.445 e. The van der Waals surface area contributed by atoms with Crippen molar-refractivity contribution in [2.24, 2.45) is 0 Å². The average molecular weight is 347 g/mol. The molecule has 0 spiro atoms. The summed E-state index contributed by atoms with van der Waals surface area (Å²) in [6.45, 7) is 8.16. The third-order valence-electron chi connectivity index (χ3n) is 3.79. The van der Waals surface area contributed by atoms with Crippen LogP contribution in [0.15, 0.2) is 28.7 Å². The van der Waals surface area contributed by atoms with Crippen LogP contribution in [0.2, 0.25) is 5.02 Å². The Morgan fingerprint density at radius 2 is 2.08 bits per heavy atom. The number of carbonyl (C=O) groups is 1. The number of hydrogen-bond donors (Lipinski definition) is 1. The van der Waals surface area contributed by atoms with Crippen molar-refractivity contribution in [1.29, 1.82) is 0 Å². The lowest BCUT2D eigenvalue weighted by atomic mass is 9.97. The number of aryl methyl sites for hydroxylation is 3. The third-order valence-corrected chi connectivity index (χ3v) is 4.03. The van der Waals surface area contributed by atoms with Crippen LogP contribution >= 0.6 is 11.6 Å². The van der Waals surface area contributed by atoms with E-state index in [0.29, 0.717) is 23.9 Å². The Balaban J connectivity index is 2.05. The summed E-state index contributed by atoms with van der Waals surface area (Å²) in [5.74, 6) is 0.835. The van der Waals surface area contributed by atoms with Crippen molar-refractivity contribution < 1.29 is 9.21 Å². The van der Waals surface area contributed by atoms with Gasteiger partial charge in [0.2, 0.25) is 0 Å². The van der Waals surface area contributed by atoms with Crippen molar-refractivity contribution in [1.82, 2.24) is 10.3 Å². The summed E-state index contributed by atoms with van der Waals surface area (Å²) in [7, 11) is 0. The molecule has 0 bridgehead atoms. The van der Waals surface area contributed by atoms with Gasteiger partial charge in [-0.1, -0.05) is 30.7 Å². The molecule has 1 aromatic carbocycles. The zero-order valence-corrected chi connectivity index (χ0v) is 15.3. The van der Waals surface area contributed by atoms with E-state index in [1.807, 2.05) is 18.2 Å². The van der Waals surface area contributed by atoms with E-state index in [1.165, 1.54) is 11.1 Å². The number of halogens is 1. The van der Waals surface area contributed by atoms with Crippen LogP contribution in [0.1, 0.15) is 53.0 Å². The molecule has 0 fully saturated rings. The van der Waals surface area contributed by atoms with Crippen LogP contribution in [0.25, 0.3) is 5.57 Å². The lowest BCUT2D eigenvalue weighted by molar-refractivity contribution is 0.0948. The fraction of sp³-hybridized carbons (Fsp3) is 0.368. The molecule has 1 N–H and O–H groups in total. The van der Waals surface area contributed by atoms with Crippen LogP contribution in [0.4, 0.5) is 0 Å². The monoisotopic (exact) mass is 346 g/mol. The van der Waals surface area contributed by atoms with E-state index >= 15 is 0 Å². The molecular formula is C19H23ClN2O2. The molecule has 0 saturated carbocycles. The molecule has 1 amide bonds. The van der Waals surface area contributed by atoms with E-state index in [0.717, 1.165) is 23.4 Å². The summed E-state index contributed by atoms with van der Waals surface area (Å²) in [4.78, 5) is 16.3. The van der Waals surface area contributed by atoms with Crippen molar-refractivity contribution in [2.75, 3.05) is 6.54 Å². The number of rotatable bonds is 6. The van der Waals surface area contributed by atoms with E-state index in [9.17, 15) is 4.79 Å². The lowest BCUT2D eigenvalue weighted by Gasteiger charge is -2.12. The van der Waals surface area contributed by atoms with E-state index < -0.39 is 0 Å². The van der Waals surface area contributed by atoms with Crippen LogP contribution in [0.5, 0.6) is 0 Å². The molecule has 0 saturated heterocycles. The number of benzene rings is 1. The first-order valence-corrected chi connectivity index (χ1v) is 8.48. The number of hydrogen-bond acceptors (Lipinski definition) is 3. The van der Waals surface area contributed by atoms with Gasteiger partial charge < -0.3 is 9.73 Å². The molecule has 0 aliphatic heterocycles. The van der Waals surface area contributed by atoms with E-state index in [-0.39, 0.29) is 5.91 Å². The number of allylic oxidation sites excluding steroid dienone is 1. The van der Waals surface area contributed by atoms with Gasteiger partial charge in [-0.25, -0.2) is 4.98 Å². The summed E-state index contributed by atoms with van der Waals surface area (Å²) in [6.07, 6.45) is 3.84. The van der Waals surface area contributed by atoms with Gasteiger partial charge >= 0.3 is 0 Å². The minimum atomic E-state index is -0.206. The maximum atomic E-state index is 12.2. The second kappa shape index (κ2) is 8.15. The van der Waals surface area contributed by atoms with Gasteiger partial charge in [-0.2, -0.15) is 0 Å². The average Bonchev–Trinajstić information content (AvgIpc) is 2.87. The van der Waals surface area contributed by atoms with Gasteiger partial charge in [0.15, 0.2) is 11.6 Å². The van der Waals surface area contributed by atoms with Crippen LogP contribution < -0.4 is 5.32 Å². The summed E-state index contributed by atoms with van der Waals surface area (Å²) in [6, 6.07) is 5.88. The number of aromatic nitrogens is 1. The summed E-state index contributed by atoms with van der Waals surface area (Å²) in [5.41, 5.74) is 3.85. The van der Waals surface area contributed by atoms with Gasteiger partial charge in [-0.3, -0.25) is 4.79 Å². The Bertz CT molecular complexity index is 763. The Kier molecular flexibility index (Phi) is 6.21. The van der Waals surface area contributed by atoms with E-state index in [1.54, 1.807) is 13.8 Å². The van der Waals surface area contributed by atoms with E-state index in [4.69, 9.17) is 16.0 Å². The Morgan fingerprint density at radius 3 is 2.71 bits per heavy atom. The first-order chi connectivity index (χ1) is 11.4. The molecule has 5 heteroatoms. The topological polar surface area (TPSA) is 55.1 Å². The lowest BCUT2D eigenvalue weighted by Crippen LogP contribution is -2.25. The molecule has 1 heterocycles. The van der Waals surface area contributed by atoms with Gasteiger partial charge in [0.25, 0.3) is 5.91 Å². The molecular weight excluding hydrogens is 324 g/mol. The van der Waals surface area contributed by atoms with Crippen LogP contribution in [0.3, 0.4) is 0 Å². The highest BCUT2D eigenvalue weighted by Crippen LogP contribution is 2.25. The van der Waals surface area contributed by atoms with Gasteiger partial charge in [-0.05, 0) is 55.5 Å². The summed E-state index contributed by atoms with van der Waals surface area (Å²) < 4.78 is 5.30. The Labute approximate surface area is 147 Å². The highest BCUT2D eigenvalue weighted by molar-refractivity contribution is 6.30. The fourth-order valence-electron chi connectivity index (χ4n) is 2.67. The maximum absolute atomic E-state index is 12.2. The van der Waals surface area contributed by atoms with Crippen LogP contribution in [0, 0.1) is 20.8 Å². The number of amides is 1. The maximum Gasteiger partial charge on any atom is 0.273 e. The number of nitrogens with zero attached hydrogens (tertiary/aromatic N) is 1. The normalized spacial score (nSPS) is 11.6. The highest BCUT2D eigenvalue weighted by Gasteiger charge is 2.15. The standard InChI is InChI=1S/C19H23ClN2O2/c1-5-6-15(17-11-16(20)8-7-12(17)2)9-10-21-19(23)18-13(3)24-14(4)22-18/h6-8,11H,5,9-10H2,1-4H3,(H,21,23)/b15-6-. The molecule has 0 aliphatic rings. The molecule has 0 radical (unpaired) electrons. The third kappa shape index (κ3) is 4.48. The Morgan fingerprint density at radius 1 is 1.33 bits per heavy atom. The number of carbonyl (C=O) groups excluding carboxylic acids is 1. The quantitative estimate of drug-likeness (QED) is 0.812. The summed E-state index contributed by atoms with van der Waals surface area (Å²) in [5, 5.41) is 3.63. The molecule has 0 unspecified atom stereocenters. The molecule has 128 valence electrons. The van der Waals surface area contributed by atoms with Gasteiger partial charge in [0.1, 0.15) is 5.76 Å². The summed E-state index contributed by atoms with van der Waals surface area (Å²) >= 11 is 6.13. The molecule has 1 aromatic heterocycles. The zero-order chi connectivity index (χ0) is 17.7. The van der Waals surface area contributed by atoms with Gasteiger partial charge in [0.05, 0.1) is 0 Å².